The van der Waals surface area contributed by atoms with Gasteiger partial charge in [0.1, 0.15) is 78.3 Å². The number of nitrogens with two attached hydrogens (primary N) is 5. The molecule has 0 aliphatic rings. The van der Waals surface area contributed by atoms with Crippen molar-refractivity contribution in [1.29, 1.82) is 16.2 Å². The van der Waals surface area contributed by atoms with Gasteiger partial charge < -0.3 is 134 Å². The molecule has 13 amide bonds. The fourth-order valence-electron chi connectivity index (χ4n) is 13.0. The summed E-state index contributed by atoms with van der Waals surface area (Å²) >= 11 is 4.36. The zero-order valence-electron chi connectivity index (χ0n) is 71.1. The number of para-hydroxylation sites is 1. The van der Waals surface area contributed by atoms with E-state index in [2.05, 4.69) is 97.4 Å². The van der Waals surface area contributed by atoms with Crippen molar-refractivity contribution in [2.24, 2.45) is 46.4 Å². The van der Waals surface area contributed by atoms with Crippen LogP contribution in [0.1, 0.15) is 142 Å². The smallest absolute Gasteiger partial charge is 0.326 e. The highest BCUT2D eigenvalue weighted by molar-refractivity contribution is 7.80. The summed E-state index contributed by atoms with van der Waals surface area (Å²) in [7, 11) is 0. The number of aromatic nitrogens is 1. The zero-order valence-corrected chi connectivity index (χ0v) is 72.0. The van der Waals surface area contributed by atoms with E-state index in [1.165, 1.54) is 24.3 Å². The van der Waals surface area contributed by atoms with Crippen molar-refractivity contribution >= 4 is 130 Å². The van der Waals surface area contributed by atoms with Gasteiger partial charge in [0.25, 0.3) is 0 Å². The summed E-state index contributed by atoms with van der Waals surface area (Å²) in [6, 6.07) is 0.187. The number of phenolic OH excluding ortho intramolecular Hbond substituents is 1. The summed E-state index contributed by atoms with van der Waals surface area (Å²) in [5.41, 5.74) is 30.1. The lowest BCUT2D eigenvalue weighted by atomic mass is 9.96. The Kier molecular flexibility index (Phi) is 44.5. The number of carbonyl (C=O) groups is 15. The standard InChI is InChI=1S/C81H124N24O19S/c1-8-43(6)64(76(121)102-60(78(123)124)38-63(109)110)104-68(113)52(22-15-31-91-80(86)87)94-70(115)56(34-42(4)5)98-72(117)58(36-46-24-26-48(107)27-25-46)100-74(119)59(37-47-39-93-51-21-13-12-19-49(47)51)101-67(112)54(28-29-62(83)108)96-77(122)65(44(7)106)105-69(114)53(23-16-32-92-81(88)89)95-75(120)61(40-125)103-73(118)57(35-45-17-10-9-11-18-45)99-71(116)55(33-41(2)3)97-66(111)50(82)20-14-30-90-79(84)85/h9-13,17-19,21,24-27,39,41-44,50,52-61,64-65,93,106-107,125H,8,14-16,20,22-23,28-38,40,82H2,1-7H3,(H2,83,108)(H,94,115)(H,95,120)(H,96,122)(H,97,111)(H,98,117)(H,99,116)(H,100,119)(H,101,112)(H,102,121)(H,103,118)(H,104,113)(H,105,114)(H,109,110)(H,123,124)(H4,84,85,90)(H4,86,87,91)(H4,88,89,92)/t43-,44+,50-,52-,53-,54-,55-,56-,57-,58-,59-,60-,61-,64-,65-/m0/s1. The third kappa shape index (κ3) is 37.8. The predicted molar refractivity (Wildman–Crippen MR) is 465 cm³/mol. The molecule has 0 aliphatic heterocycles. The van der Waals surface area contributed by atoms with Crippen molar-refractivity contribution < 1.29 is 92.3 Å². The van der Waals surface area contributed by atoms with Crippen LogP contribution in [-0.2, 0) is 91.2 Å². The van der Waals surface area contributed by atoms with Gasteiger partial charge in [-0.2, -0.15) is 12.6 Å². The second-order valence-electron chi connectivity index (χ2n) is 31.3. The first-order valence-electron chi connectivity index (χ1n) is 41.0. The number of primary amides is 1. The van der Waals surface area contributed by atoms with Crippen LogP contribution in [0.2, 0.25) is 0 Å². The number of carboxylic acids is 2. The van der Waals surface area contributed by atoms with Gasteiger partial charge in [-0.3, -0.25) is 83.4 Å². The van der Waals surface area contributed by atoms with Crippen LogP contribution < -0.4 is 108 Å². The van der Waals surface area contributed by atoms with E-state index in [1.807, 2.05) is 0 Å². The highest BCUT2D eigenvalue weighted by Gasteiger charge is 2.40. The summed E-state index contributed by atoms with van der Waals surface area (Å²) in [5, 5.41) is 103. The number of hydrogen-bond donors (Lipinski definition) is 29. The Morgan fingerprint density at radius 3 is 1.26 bits per heavy atom. The number of aliphatic hydroxyl groups is 1. The average Bonchev–Trinajstić information content (AvgIpc) is 1.70. The van der Waals surface area contributed by atoms with Gasteiger partial charge >= 0.3 is 11.9 Å². The molecule has 33 N–H and O–H groups in total. The van der Waals surface area contributed by atoms with Gasteiger partial charge in [-0.05, 0) is 117 Å². The Morgan fingerprint density at radius 1 is 0.432 bits per heavy atom. The fraction of sp³-hybridized carbons (Fsp3) is 0.531. The topological polar surface area (TPSA) is 735 Å². The molecule has 15 atom stereocenters. The molecule has 0 radical (unpaired) electrons. The molecule has 0 saturated carbocycles. The van der Waals surface area contributed by atoms with E-state index >= 15 is 14.4 Å². The molecule has 125 heavy (non-hydrogen) atoms. The van der Waals surface area contributed by atoms with Crippen LogP contribution in [0.4, 0.5) is 0 Å². The van der Waals surface area contributed by atoms with Gasteiger partial charge in [0.05, 0.1) is 18.6 Å². The summed E-state index contributed by atoms with van der Waals surface area (Å²) in [5.74, 6) is -19.2. The normalized spacial score (nSPS) is 14.8. The Bertz CT molecular complexity index is 4350. The van der Waals surface area contributed by atoms with Crippen LogP contribution in [0, 0.1) is 34.0 Å². The maximum absolute atomic E-state index is 15.4. The molecule has 4 aromatic rings. The van der Waals surface area contributed by atoms with Crippen LogP contribution >= 0.6 is 12.6 Å². The molecule has 0 spiro atoms. The second kappa shape index (κ2) is 53.2. The first-order valence-corrected chi connectivity index (χ1v) is 41.7. The molecule has 3 aromatic carbocycles. The van der Waals surface area contributed by atoms with Crippen molar-refractivity contribution in [3.8, 4) is 5.75 Å². The molecule has 1 heterocycles. The number of phenols is 1. The maximum Gasteiger partial charge on any atom is 0.326 e. The molecular weight excluding hydrogens is 1650 g/mol. The Balaban J connectivity index is 1.72. The van der Waals surface area contributed by atoms with Gasteiger partial charge in [-0.25, -0.2) is 4.79 Å². The van der Waals surface area contributed by atoms with Gasteiger partial charge in [0.15, 0.2) is 17.9 Å². The number of H-pyrrole nitrogens is 1. The van der Waals surface area contributed by atoms with E-state index in [0.29, 0.717) is 34.0 Å². The number of guanidine groups is 3. The van der Waals surface area contributed by atoms with E-state index in [0.717, 1.165) is 6.92 Å². The highest BCUT2D eigenvalue weighted by Crippen LogP contribution is 2.22. The SMILES string of the molecule is CC[C@H](C)[C@H](NC(=O)[C@H](CCCNC(=N)N)NC(=O)[C@H](CC(C)C)NC(=O)[C@H](Cc1ccc(O)cc1)NC(=O)[C@H](Cc1c[nH]c2ccccc12)NC(=O)[C@H](CCC(N)=O)NC(=O)[C@@H](NC(=O)[C@H](CCCNC(=N)N)NC(=O)[C@H](CS)NC(=O)[C@H](Cc1ccccc1)NC(=O)[C@H](CC(C)C)NC(=O)[C@@H](N)CCCNC(=N)N)[C@@H](C)O)C(=O)N[C@@H](CC(=O)O)C(=O)O. The molecule has 688 valence electrons. The lowest BCUT2D eigenvalue weighted by Crippen LogP contribution is -2.62. The summed E-state index contributed by atoms with van der Waals surface area (Å²) in [6.45, 7) is 11.5. The molecule has 0 saturated heterocycles. The summed E-state index contributed by atoms with van der Waals surface area (Å²) in [6.07, 6.45) is -3.09. The number of amides is 13. The lowest BCUT2D eigenvalue weighted by Gasteiger charge is -2.30. The number of aliphatic carboxylic acids is 2. The Hall–Kier alpha value is -12.9. The minimum Gasteiger partial charge on any atom is -0.508 e. The first-order chi connectivity index (χ1) is 59.0. The number of aromatic hydroxyl groups is 1. The predicted octanol–water partition coefficient (Wildman–Crippen LogP) is -3.89. The van der Waals surface area contributed by atoms with Gasteiger partial charge in [-0.15, -0.1) is 0 Å². The van der Waals surface area contributed by atoms with Crippen molar-refractivity contribution in [2.75, 3.05) is 25.4 Å². The van der Waals surface area contributed by atoms with Crippen LogP contribution in [0.5, 0.6) is 5.75 Å². The van der Waals surface area contributed by atoms with Crippen LogP contribution in [-0.4, -0.2) is 242 Å². The maximum atomic E-state index is 15.4. The van der Waals surface area contributed by atoms with Gasteiger partial charge in [0.2, 0.25) is 76.8 Å². The minimum absolute atomic E-state index is 0.000398. The number of fused-ring (bicyclic) bond motifs is 1. The average molecular weight is 1770 g/mol. The Morgan fingerprint density at radius 2 is 0.808 bits per heavy atom. The van der Waals surface area contributed by atoms with Crippen LogP contribution in [0.15, 0.2) is 85.1 Å². The zero-order chi connectivity index (χ0) is 93.3. The van der Waals surface area contributed by atoms with E-state index < -0.39 is 216 Å². The lowest BCUT2D eigenvalue weighted by molar-refractivity contribution is -0.147. The number of nitrogens with one attached hydrogen (secondary N) is 19. The van der Waals surface area contributed by atoms with Crippen molar-refractivity contribution in [1.82, 2.24) is 84.7 Å². The van der Waals surface area contributed by atoms with Crippen molar-refractivity contribution in [2.45, 2.75) is 229 Å². The molecule has 4 rings (SSSR count). The molecule has 0 fully saturated rings. The molecule has 1 aromatic heterocycles. The summed E-state index contributed by atoms with van der Waals surface area (Å²) < 4.78 is 0. The van der Waals surface area contributed by atoms with Crippen LogP contribution in [0.3, 0.4) is 0 Å². The van der Waals surface area contributed by atoms with E-state index in [1.54, 1.807) is 102 Å². The third-order valence-corrected chi connectivity index (χ3v) is 20.3. The number of hydrogen-bond acceptors (Lipinski definition) is 22. The number of aliphatic hydroxyl groups excluding tert-OH is 1. The van der Waals surface area contributed by atoms with Crippen LogP contribution in [0.25, 0.3) is 10.9 Å². The largest absolute Gasteiger partial charge is 0.508 e. The number of rotatable bonds is 56. The molecule has 0 aliphatic carbocycles. The minimum atomic E-state index is -2.00. The molecule has 44 heteroatoms. The first kappa shape index (κ1) is 104. The highest BCUT2D eigenvalue weighted by atomic mass is 32.1. The fourth-order valence-corrected chi connectivity index (χ4v) is 13.2. The second-order valence-corrected chi connectivity index (χ2v) is 31.6. The molecular formula is C81H124N24O19S. The van der Waals surface area contributed by atoms with E-state index in [9.17, 15) is 78.0 Å². The number of thiol groups is 1. The molecule has 0 unspecified atom stereocenters. The molecule has 43 nitrogen and oxygen atoms in total. The quantitative estimate of drug-likeness (QED) is 0.00870. The third-order valence-electron chi connectivity index (χ3n) is 19.9. The van der Waals surface area contributed by atoms with Gasteiger partial charge in [-0.1, -0.05) is 109 Å². The van der Waals surface area contributed by atoms with Gasteiger partial charge in [0, 0.05) is 68.2 Å². The monoisotopic (exact) mass is 1770 g/mol. The molecule has 0 bridgehead atoms. The van der Waals surface area contributed by atoms with E-state index in [-0.39, 0.29) is 114 Å². The van der Waals surface area contributed by atoms with Crippen molar-refractivity contribution in [3.05, 3.63) is 102 Å². The number of carbonyl (C=O) groups excluding carboxylic acids is 13. The summed E-state index contributed by atoms with van der Waals surface area (Å²) in [4.78, 5) is 214. The Labute approximate surface area is 728 Å². The number of aromatic amines is 1. The number of benzene rings is 3. The van der Waals surface area contributed by atoms with E-state index in [4.69, 9.17) is 44.9 Å². The number of carboxylic acid groups (broad SMARTS) is 2. The van der Waals surface area contributed by atoms with Crippen molar-refractivity contribution in [3.63, 3.8) is 0 Å².